The summed E-state index contributed by atoms with van der Waals surface area (Å²) in [5.41, 5.74) is 0.843. The number of benzene rings is 1. The molecule has 2 N–H and O–H groups in total. The van der Waals surface area contributed by atoms with Gasteiger partial charge in [0.05, 0.1) is 14.2 Å². The fourth-order valence-electron chi connectivity index (χ4n) is 2.93. The molecule has 0 spiro atoms. The Labute approximate surface area is 173 Å². The summed E-state index contributed by atoms with van der Waals surface area (Å²) >= 11 is 0. The summed E-state index contributed by atoms with van der Waals surface area (Å²) in [5, 5.41) is 5.08. The Morgan fingerprint density at radius 3 is 2.30 bits per heavy atom. The Balaban J connectivity index is 2.22. The molecule has 0 saturated heterocycles. The van der Waals surface area contributed by atoms with E-state index in [0.717, 1.165) is 0 Å². The van der Waals surface area contributed by atoms with Gasteiger partial charge in [0.15, 0.2) is 0 Å². The number of pyridine rings is 1. The zero-order valence-corrected chi connectivity index (χ0v) is 17.0. The van der Waals surface area contributed by atoms with E-state index in [0.29, 0.717) is 11.4 Å². The van der Waals surface area contributed by atoms with Gasteiger partial charge in [0.2, 0.25) is 17.7 Å². The molecule has 2 amide bonds. The standard InChI is InChI=1S/C21H24FN3O5/c1-13(26)24-17(11-14-7-4-5-9-16(14)22)19(27)25-18(21(28)30-3)12-15-8-6-10-23-20(15)29-2/h4-10,17-18H,11-12H2,1-3H3,(H,24,26)(H,25,27)/t17-,18+/m0/s1. The highest BCUT2D eigenvalue weighted by molar-refractivity contribution is 5.90. The molecule has 30 heavy (non-hydrogen) atoms. The van der Waals surface area contributed by atoms with E-state index in [9.17, 15) is 18.8 Å². The maximum Gasteiger partial charge on any atom is 0.328 e. The number of esters is 1. The number of nitrogens with one attached hydrogen (secondary N) is 2. The van der Waals surface area contributed by atoms with Gasteiger partial charge in [-0.2, -0.15) is 0 Å². The van der Waals surface area contributed by atoms with Crippen molar-refractivity contribution in [2.45, 2.75) is 31.8 Å². The quantitative estimate of drug-likeness (QED) is 0.594. The predicted molar refractivity (Wildman–Crippen MR) is 106 cm³/mol. The third-order valence-electron chi connectivity index (χ3n) is 4.35. The van der Waals surface area contributed by atoms with Crippen LogP contribution in [0.2, 0.25) is 0 Å². The van der Waals surface area contributed by atoms with Gasteiger partial charge in [0, 0.05) is 31.5 Å². The van der Waals surface area contributed by atoms with Gasteiger partial charge in [0.25, 0.3) is 0 Å². The number of aromatic nitrogens is 1. The molecule has 9 heteroatoms. The Morgan fingerprint density at radius 2 is 1.67 bits per heavy atom. The fourth-order valence-corrected chi connectivity index (χ4v) is 2.93. The van der Waals surface area contributed by atoms with Gasteiger partial charge in [-0.25, -0.2) is 14.2 Å². The third-order valence-corrected chi connectivity index (χ3v) is 4.35. The maximum absolute atomic E-state index is 14.0. The number of amides is 2. The van der Waals surface area contributed by atoms with E-state index in [1.807, 2.05) is 0 Å². The van der Waals surface area contributed by atoms with Crippen LogP contribution in [-0.2, 0) is 32.0 Å². The average molecular weight is 417 g/mol. The first-order chi connectivity index (χ1) is 14.3. The van der Waals surface area contributed by atoms with Crippen molar-refractivity contribution in [1.29, 1.82) is 0 Å². The summed E-state index contributed by atoms with van der Waals surface area (Å²) in [4.78, 5) is 40.8. The van der Waals surface area contributed by atoms with Crippen molar-refractivity contribution in [3.63, 3.8) is 0 Å². The van der Waals surface area contributed by atoms with E-state index in [2.05, 4.69) is 15.6 Å². The van der Waals surface area contributed by atoms with Crippen molar-refractivity contribution in [3.05, 3.63) is 59.5 Å². The van der Waals surface area contributed by atoms with Crippen LogP contribution in [0.5, 0.6) is 5.88 Å². The van der Waals surface area contributed by atoms with E-state index >= 15 is 0 Å². The second-order valence-electron chi connectivity index (χ2n) is 6.51. The highest BCUT2D eigenvalue weighted by Crippen LogP contribution is 2.16. The number of ether oxygens (including phenoxy) is 2. The average Bonchev–Trinajstić information content (AvgIpc) is 2.73. The van der Waals surface area contributed by atoms with Crippen molar-refractivity contribution in [2.24, 2.45) is 0 Å². The second-order valence-corrected chi connectivity index (χ2v) is 6.51. The molecule has 0 aliphatic rings. The molecule has 0 saturated carbocycles. The zero-order valence-electron chi connectivity index (χ0n) is 17.0. The van der Waals surface area contributed by atoms with Crippen molar-refractivity contribution >= 4 is 17.8 Å². The number of hydrogen-bond acceptors (Lipinski definition) is 6. The normalized spacial score (nSPS) is 12.4. The number of halogens is 1. The molecule has 160 valence electrons. The zero-order chi connectivity index (χ0) is 22.1. The smallest absolute Gasteiger partial charge is 0.328 e. The van der Waals surface area contributed by atoms with Crippen LogP contribution in [0.4, 0.5) is 4.39 Å². The first-order valence-corrected chi connectivity index (χ1v) is 9.22. The molecular weight excluding hydrogens is 393 g/mol. The monoisotopic (exact) mass is 417 g/mol. The van der Waals surface area contributed by atoms with Crippen LogP contribution in [0.1, 0.15) is 18.1 Å². The van der Waals surface area contributed by atoms with Crippen molar-refractivity contribution < 1.29 is 28.2 Å². The Hall–Kier alpha value is -3.49. The number of methoxy groups -OCH3 is 2. The predicted octanol–water partition coefficient (Wildman–Crippen LogP) is 1.18. The SMILES string of the molecule is COC(=O)[C@@H](Cc1cccnc1OC)NC(=O)[C@H](Cc1ccccc1F)NC(C)=O. The highest BCUT2D eigenvalue weighted by Gasteiger charge is 2.28. The van der Waals surface area contributed by atoms with Crippen LogP contribution in [0.15, 0.2) is 42.6 Å². The van der Waals surface area contributed by atoms with E-state index < -0.39 is 35.7 Å². The van der Waals surface area contributed by atoms with Crippen LogP contribution in [-0.4, -0.2) is 49.1 Å². The first-order valence-electron chi connectivity index (χ1n) is 9.22. The van der Waals surface area contributed by atoms with E-state index in [-0.39, 0.29) is 18.4 Å². The van der Waals surface area contributed by atoms with Gasteiger partial charge >= 0.3 is 5.97 Å². The lowest BCUT2D eigenvalue weighted by Crippen LogP contribution is -2.53. The van der Waals surface area contributed by atoms with Gasteiger partial charge in [-0.15, -0.1) is 0 Å². The Bertz CT molecular complexity index is 906. The number of rotatable bonds is 9. The minimum absolute atomic E-state index is 0.0575. The lowest BCUT2D eigenvalue weighted by atomic mass is 10.0. The van der Waals surface area contributed by atoms with Crippen LogP contribution in [0, 0.1) is 5.82 Å². The van der Waals surface area contributed by atoms with Crippen LogP contribution < -0.4 is 15.4 Å². The topological polar surface area (TPSA) is 107 Å². The summed E-state index contributed by atoms with van der Waals surface area (Å²) in [6.07, 6.45) is 1.51. The van der Waals surface area contributed by atoms with Crippen LogP contribution in [0.25, 0.3) is 0 Å². The highest BCUT2D eigenvalue weighted by atomic mass is 19.1. The minimum atomic E-state index is -1.08. The molecule has 0 bridgehead atoms. The maximum atomic E-state index is 14.0. The molecule has 8 nitrogen and oxygen atoms in total. The molecular formula is C21H24FN3O5. The molecule has 2 aromatic rings. The molecule has 0 fully saturated rings. The van der Waals surface area contributed by atoms with Crippen LogP contribution >= 0.6 is 0 Å². The van der Waals surface area contributed by atoms with Gasteiger partial charge < -0.3 is 20.1 Å². The number of hydrogen-bond donors (Lipinski definition) is 2. The Kier molecular flexibility index (Phi) is 8.28. The van der Waals surface area contributed by atoms with Crippen molar-refractivity contribution in [1.82, 2.24) is 15.6 Å². The second kappa shape index (κ2) is 10.9. The van der Waals surface area contributed by atoms with Gasteiger partial charge in [0.1, 0.15) is 17.9 Å². The summed E-state index contributed by atoms with van der Waals surface area (Å²) in [7, 11) is 2.64. The molecule has 2 rings (SSSR count). The lowest BCUT2D eigenvalue weighted by molar-refractivity contribution is -0.145. The van der Waals surface area contributed by atoms with Crippen LogP contribution in [0.3, 0.4) is 0 Å². The molecule has 1 aromatic carbocycles. The molecule has 2 atom stereocenters. The summed E-state index contributed by atoms with van der Waals surface area (Å²) in [6.45, 7) is 1.25. The van der Waals surface area contributed by atoms with Gasteiger partial charge in [-0.05, 0) is 17.7 Å². The summed E-state index contributed by atoms with van der Waals surface area (Å²) < 4.78 is 24.0. The van der Waals surface area contributed by atoms with E-state index in [4.69, 9.17) is 9.47 Å². The first kappa shape index (κ1) is 22.8. The third kappa shape index (κ3) is 6.26. The van der Waals surface area contributed by atoms with Gasteiger partial charge in [-0.1, -0.05) is 24.3 Å². The van der Waals surface area contributed by atoms with Gasteiger partial charge in [-0.3, -0.25) is 9.59 Å². The lowest BCUT2D eigenvalue weighted by Gasteiger charge is -2.22. The fraction of sp³-hybridized carbons (Fsp3) is 0.333. The molecule has 1 aromatic heterocycles. The Morgan fingerprint density at radius 1 is 1.00 bits per heavy atom. The largest absolute Gasteiger partial charge is 0.481 e. The molecule has 1 heterocycles. The summed E-state index contributed by atoms with van der Waals surface area (Å²) in [5.74, 6) is -1.97. The number of carbonyl (C=O) groups is 3. The van der Waals surface area contributed by atoms with Crippen molar-refractivity contribution in [3.8, 4) is 5.88 Å². The molecule has 0 aliphatic heterocycles. The van der Waals surface area contributed by atoms with E-state index in [1.165, 1.54) is 45.5 Å². The van der Waals surface area contributed by atoms with E-state index in [1.54, 1.807) is 18.2 Å². The summed E-state index contributed by atoms with van der Waals surface area (Å²) in [6, 6.07) is 7.19. The minimum Gasteiger partial charge on any atom is -0.481 e. The molecule has 0 aliphatic carbocycles. The number of nitrogens with zero attached hydrogens (tertiary/aromatic N) is 1. The molecule has 0 unspecified atom stereocenters. The van der Waals surface area contributed by atoms with Crippen molar-refractivity contribution in [2.75, 3.05) is 14.2 Å². The number of carbonyl (C=O) groups excluding carboxylic acids is 3. The molecule has 0 radical (unpaired) electrons.